The average molecular weight is 242 g/mol. The van der Waals surface area contributed by atoms with E-state index in [2.05, 4.69) is 24.1 Å². The zero-order chi connectivity index (χ0) is 11.5. The second-order valence-corrected chi connectivity index (χ2v) is 6.24. The number of hydrogen-bond acceptors (Lipinski definition) is 3. The molecule has 0 saturated carbocycles. The third-order valence-electron chi connectivity index (χ3n) is 3.64. The molecule has 2 saturated heterocycles. The summed E-state index contributed by atoms with van der Waals surface area (Å²) in [4.78, 5) is 14.4. The van der Waals surface area contributed by atoms with Crippen molar-refractivity contribution in [2.45, 2.75) is 38.8 Å². The lowest BCUT2D eigenvalue weighted by molar-refractivity contribution is -0.136. The summed E-state index contributed by atoms with van der Waals surface area (Å²) in [7, 11) is 0. The molecule has 1 N–H and O–H groups in total. The number of nitrogens with one attached hydrogen (secondary N) is 1. The van der Waals surface area contributed by atoms with Crippen LogP contribution in [0.4, 0.5) is 0 Å². The fourth-order valence-corrected chi connectivity index (χ4v) is 3.58. The molecule has 2 heterocycles. The molecule has 0 bridgehead atoms. The fourth-order valence-electron chi connectivity index (χ4n) is 2.66. The van der Waals surface area contributed by atoms with E-state index in [1.54, 1.807) is 0 Å². The number of nitrogens with zero attached hydrogens (tertiary/aromatic N) is 1. The van der Waals surface area contributed by atoms with Gasteiger partial charge in [0.1, 0.15) is 0 Å². The third-order valence-corrected chi connectivity index (χ3v) is 4.70. The normalized spacial score (nSPS) is 36.1. The van der Waals surface area contributed by atoms with Crippen LogP contribution in [0.5, 0.6) is 0 Å². The lowest BCUT2D eigenvalue weighted by atomic mass is 9.93. The van der Waals surface area contributed by atoms with E-state index in [1.165, 1.54) is 0 Å². The third kappa shape index (κ3) is 2.72. The Morgan fingerprint density at radius 2 is 2.25 bits per heavy atom. The summed E-state index contributed by atoms with van der Waals surface area (Å²) in [6.07, 6.45) is 2.32. The van der Waals surface area contributed by atoms with Crippen molar-refractivity contribution in [3.8, 4) is 0 Å². The van der Waals surface area contributed by atoms with Crippen LogP contribution in [0.25, 0.3) is 0 Å². The van der Waals surface area contributed by atoms with Crippen LogP contribution in [0.15, 0.2) is 0 Å². The minimum Gasteiger partial charge on any atom is -0.339 e. The van der Waals surface area contributed by atoms with E-state index >= 15 is 0 Å². The molecular weight excluding hydrogens is 220 g/mol. The molecule has 0 radical (unpaired) electrons. The van der Waals surface area contributed by atoms with Gasteiger partial charge in [0, 0.05) is 30.6 Å². The summed E-state index contributed by atoms with van der Waals surface area (Å²) in [5, 5.41) is 3.34. The number of carbonyl (C=O) groups excluding carboxylic acids is 1. The predicted molar refractivity (Wildman–Crippen MR) is 68.7 cm³/mol. The van der Waals surface area contributed by atoms with Gasteiger partial charge >= 0.3 is 0 Å². The molecule has 4 heteroatoms. The molecule has 1 amide bonds. The Kier molecular flexibility index (Phi) is 4.14. The standard InChI is InChI=1S/C12H22N2OS/c1-9-3-5-14(10(2)7-9)12(15)11-8-16-6-4-13-11/h9-11,13H,3-8H2,1-2H3. The van der Waals surface area contributed by atoms with Gasteiger partial charge in [-0.15, -0.1) is 0 Å². The SMILES string of the molecule is CC1CCN(C(=O)C2CSCCN2)C(C)C1. The van der Waals surface area contributed by atoms with Crippen molar-refractivity contribution in [3.63, 3.8) is 0 Å². The zero-order valence-electron chi connectivity index (χ0n) is 10.2. The molecule has 2 aliphatic rings. The Labute approximate surface area is 102 Å². The number of thioether (sulfide) groups is 1. The first-order valence-electron chi connectivity index (χ1n) is 6.30. The molecule has 16 heavy (non-hydrogen) atoms. The maximum atomic E-state index is 12.3. The number of hydrogen-bond donors (Lipinski definition) is 1. The van der Waals surface area contributed by atoms with Gasteiger partial charge < -0.3 is 10.2 Å². The number of carbonyl (C=O) groups is 1. The molecule has 0 aliphatic carbocycles. The highest BCUT2D eigenvalue weighted by Crippen LogP contribution is 2.23. The molecule has 92 valence electrons. The Hall–Kier alpha value is -0.220. The molecule has 0 aromatic carbocycles. The summed E-state index contributed by atoms with van der Waals surface area (Å²) >= 11 is 1.89. The zero-order valence-corrected chi connectivity index (χ0v) is 11.1. The lowest BCUT2D eigenvalue weighted by Crippen LogP contribution is -2.54. The van der Waals surface area contributed by atoms with Crippen molar-refractivity contribution in [1.29, 1.82) is 0 Å². The van der Waals surface area contributed by atoms with Crippen LogP contribution >= 0.6 is 11.8 Å². The number of piperidine rings is 1. The molecule has 3 nitrogen and oxygen atoms in total. The van der Waals surface area contributed by atoms with Crippen LogP contribution in [0.3, 0.4) is 0 Å². The Morgan fingerprint density at radius 3 is 2.88 bits per heavy atom. The van der Waals surface area contributed by atoms with E-state index in [0.29, 0.717) is 11.9 Å². The van der Waals surface area contributed by atoms with Gasteiger partial charge in [-0.25, -0.2) is 0 Å². The summed E-state index contributed by atoms with van der Waals surface area (Å²) in [6.45, 7) is 6.39. The van der Waals surface area contributed by atoms with Gasteiger partial charge in [0.05, 0.1) is 6.04 Å². The Morgan fingerprint density at radius 1 is 1.44 bits per heavy atom. The second kappa shape index (κ2) is 5.41. The number of amides is 1. The predicted octanol–water partition coefficient (Wildman–Crippen LogP) is 1.34. The van der Waals surface area contributed by atoms with Crippen molar-refractivity contribution in [3.05, 3.63) is 0 Å². The Balaban J connectivity index is 1.92. The molecule has 3 unspecified atom stereocenters. The first-order chi connectivity index (χ1) is 7.68. The largest absolute Gasteiger partial charge is 0.339 e. The Bertz CT molecular complexity index is 253. The molecule has 2 aliphatic heterocycles. The quantitative estimate of drug-likeness (QED) is 0.753. The van der Waals surface area contributed by atoms with Crippen LogP contribution < -0.4 is 5.32 Å². The summed E-state index contributed by atoms with van der Waals surface area (Å²) in [6, 6.07) is 0.486. The lowest BCUT2D eigenvalue weighted by Gasteiger charge is -2.39. The van der Waals surface area contributed by atoms with Gasteiger partial charge in [-0.1, -0.05) is 6.92 Å². The van der Waals surface area contributed by atoms with Gasteiger partial charge in [-0.2, -0.15) is 11.8 Å². The van der Waals surface area contributed by atoms with E-state index in [1.807, 2.05) is 11.8 Å². The van der Waals surface area contributed by atoms with Crippen LogP contribution in [-0.4, -0.2) is 47.5 Å². The summed E-state index contributed by atoms with van der Waals surface area (Å²) in [5.41, 5.74) is 0. The van der Waals surface area contributed by atoms with Crippen LogP contribution in [0.1, 0.15) is 26.7 Å². The highest BCUT2D eigenvalue weighted by molar-refractivity contribution is 7.99. The van der Waals surface area contributed by atoms with Crippen LogP contribution in [-0.2, 0) is 4.79 Å². The molecule has 2 fully saturated rings. The van der Waals surface area contributed by atoms with Crippen LogP contribution in [0, 0.1) is 5.92 Å². The topological polar surface area (TPSA) is 32.3 Å². The maximum Gasteiger partial charge on any atom is 0.240 e. The van der Waals surface area contributed by atoms with Crippen molar-refractivity contribution in [1.82, 2.24) is 10.2 Å². The van der Waals surface area contributed by atoms with Gasteiger partial charge in [-0.3, -0.25) is 4.79 Å². The average Bonchev–Trinajstić information content (AvgIpc) is 2.29. The summed E-state index contributed by atoms with van der Waals surface area (Å²) in [5.74, 6) is 3.17. The van der Waals surface area contributed by atoms with Crippen molar-refractivity contribution >= 4 is 17.7 Å². The van der Waals surface area contributed by atoms with Crippen molar-refractivity contribution in [2.75, 3.05) is 24.6 Å². The molecule has 0 aromatic heterocycles. The highest BCUT2D eigenvalue weighted by Gasteiger charge is 2.31. The van der Waals surface area contributed by atoms with E-state index in [9.17, 15) is 4.79 Å². The smallest absolute Gasteiger partial charge is 0.240 e. The van der Waals surface area contributed by atoms with Crippen LogP contribution in [0.2, 0.25) is 0 Å². The molecule has 0 aromatic rings. The highest BCUT2D eigenvalue weighted by atomic mass is 32.2. The van der Waals surface area contributed by atoms with Crippen molar-refractivity contribution in [2.24, 2.45) is 5.92 Å². The van der Waals surface area contributed by atoms with E-state index in [0.717, 1.165) is 43.4 Å². The van der Waals surface area contributed by atoms with Gasteiger partial charge in [-0.05, 0) is 25.7 Å². The maximum absolute atomic E-state index is 12.3. The van der Waals surface area contributed by atoms with E-state index in [-0.39, 0.29) is 6.04 Å². The van der Waals surface area contributed by atoms with E-state index < -0.39 is 0 Å². The summed E-state index contributed by atoms with van der Waals surface area (Å²) < 4.78 is 0. The first-order valence-corrected chi connectivity index (χ1v) is 7.45. The minimum absolute atomic E-state index is 0.0645. The number of likely N-dealkylation sites (tertiary alicyclic amines) is 1. The minimum atomic E-state index is 0.0645. The number of rotatable bonds is 1. The van der Waals surface area contributed by atoms with Gasteiger partial charge in [0.25, 0.3) is 0 Å². The van der Waals surface area contributed by atoms with Gasteiger partial charge in [0.2, 0.25) is 5.91 Å². The van der Waals surface area contributed by atoms with Gasteiger partial charge in [0.15, 0.2) is 0 Å². The van der Waals surface area contributed by atoms with E-state index in [4.69, 9.17) is 0 Å². The van der Waals surface area contributed by atoms with Crippen molar-refractivity contribution < 1.29 is 4.79 Å². The second-order valence-electron chi connectivity index (χ2n) is 5.09. The molecular formula is C12H22N2OS. The first kappa shape index (κ1) is 12.2. The molecule has 0 spiro atoms. The monoisotopic (exact) mass is 242 g/mol. The molecule has 3 atom stereocenters. The fraction of sp³-hybridized carbons (Fsp3) is 0.917. The molecule has 2 rings (SSSR count).